The summed E-state index contributed by atoms with van der Waals surface area (Å²) in [7, 11) is 0. The van der Waals surface area contributed by atoms with Gasteiger partial charge < -0.3 is 10.2 Å². The van der Waals surface area contributed by atoms with Gasteiger partial charge in [-0.25, -0.2) is 0 Å². The first-order chi connectivity index (χ1) is 13.7. The molecule has 3 aromatic heterocycles. The minimum Gasteiger partial charge on any atom is -0.355 e. The Morgan fingerprint density at radius 2 is 2.00 bits per heavy atom. The molecule has 1 saturated heterocycles. The van der Waals surface area contributed by atoms with Gasteiger partial charge in [-0.2, -0.15) is 0 Å². The Morgan fingerprint density at radius 1 is 1.14 bits per heavy atom. The Labute approximate surface area is 173 Å². The molecule has 1 aliphatic rings. The smallest absolute Gasteiger partial charge is 0.223 e. The molecular formula is C21H24N4OS2. The van der Waals surface area contributed by atoms with E-state index in [-0.39, 0.29) is 11.8 Å². The number of carbonyl (C=O) groups is 1. The Morgan fingerprint density at radius 3 is 2.64 bits per heavy atom. The number of hydrogen-bond donors (Lipinski definition) is 1. The highest BCUT2D eigenvalue weighted by Gasteiger charge is 2.25. The molecule has 28 heavy (non-hydrogen) atoms. The highest BCUT2D eigenvalue weighted by atomic mass is 32.1. The summed E-state index contributed by atoms with van der Waals surface area (Å²) in [5, 5.41) is 16.0. The lowest BCUT2D eigenvalue weighted by Crippen LogP contribution is -2.41. The number of nitrogens with one attached hydrogen (secondary N) is 1. The quantitative estimate of drug-likeness (QED) is 0.661. The fourth-order valence-corrected chi connectivity index (χ4v) is 5.12. The van der Waals surface area contributed by atoms with E-state index in [0.29, 0.717) is 0 Å². The first-order valence-corrected chi connectivity index (χ1v) is 11.4. The van der Waals surface area contributed by atoms with Gasteiger partial charge in [-0.1, -0.05) is 6.07 Å². The van der Waals surface area contributed by atoms with Gasteiger partial charge in [0.25, 0.3) is 0 Å². The number of aromatic nitrogens is 2. The molecule has 0 radical (unpaired) electrons. The number of carbonyl (C=O) groups excluding carboxylic acids is 1. The Bertz CT molecular complexity index is 897. The highest BCUT2D eigenvalue weighted by molar-refractivity contribution is 7.13. The van der Waals surface area contributed by atoms with Crippen LogP contribution in [0.1, 0.15) is 23.3 Å². The number of rotatable bonds is 6. The molecule has 0 atom stereocenters. The predicted octanol–water partition coefficient (Wildman–Crippen LogP) is 4.15. The molecule has 0 unspecified atom stereocenters. The second kappa shape index (κ2) is 8.84. The van der Waals surface area contributed by atoms with Crippen LogP contribution in [-0.4, -0.2) is 35.7 Å². The summed E-state index contributed by atoms with van der Waals surface area (Å²) in [4.78, 5) is 17.2. The van der Waals surface area contributed by atoms with Crippen LogP contribution in [-0.2, 0) is 11.2 Å². The van der Waals surface area contributed by atoms with Crippen LogP contribution in [0.3, 0.4) is 0 Å². The number of hydrogen-bond acceptors (Lipinski definition) is 6. The SMILES string of the molecule is Cc1ccsc1CCNC(=O)C1CCN(c2ccc(-c3cccs3)nn2)CC1. The third-order valence-electron chi connectivity index (χ3n) is 5.23. The monoisotopic (exact) mass is 412 g/mol. The van der Waals surface area contributed by atoms with E-state index in [1.807, 2.05) is 23.6 Å². The molecule has 0 aliphatic carbocycles. The van der Waals surface area contributed by atoms with Gasteiger partial charge in [0.15, 0.2) is 5.82 Å². The molecule has 4 heterocycles. The van der Waals surface area contributed by atoms with Crippen molar-refractivity contribution >= 4 is 34.4 Å². The van der Waals surface area contributed by atoms with E-state index in [0.717, 1.165) is 55.3 Å². The lowest BCUT2D eigenvalue weighted by atomic mass is 9.96. The first-order valence-electron chi connectivity index (χ1n) is 9.64. The normalized spacial score (nSPS) is 15.0. The van der Waals surface area contributed by atoms with Gasteiger partial charge in [-0.05, 0) is 66.8 Å². The predicted molar refractivity (Wildman–Crippen MR) is 116 cm³/mol. The van der Waals surface area contributed by atoms with Crippen molar-refractivity contribution in [2.24, 2.45) is 5.92 Å². The van der Waals surface area contributed by atoms with Crippen molar-refractivity contribution in [1.82, 2.24) is 15.5 Å². The highest BCUT2D eigenvalue weighted by Crippen LogP contribution is 2.25. The van der Waals surface area contributed by atoms with Crippen molar-refractivity contribution in [3.8, 4) is 10.6 Å². The molecule has 1 fully saturated rings. The summed E-state index contributed by atoms with van der Waals surface area (Å²) in [6, 6.07) is 10.3. The summed E-state index contributed by atoms with van der Waals surface area (Å²) in [5.41, 5.74) is 2.23. The topological polar surface area (TPSA) is 58.1 Å². The average molecular weight is 413 g/mol. The maximum absolute atomic E-state index is 12.5. The first kappa shape index (κ1) is 19.1. The standard InChI is InChI=1S/C21H24N4OS2/c1-15-9-14-28-18(15)6-10-22-21(26)16-7-11-25(12-8-16)20-5-4-17(23-24-20)19-3-2-13-27-19/h2-5,9,13-14,16H,6-8,10-12H2,1H3,(H,22,26). The van der Waals surface area contributed by atoms with Gasteiger partial charge >= 0.3 is 0 Å². The number of amides is 1. The fourth-order valence-electron chi connectivity index (χ4n) is 3.52. The van der Waals surface area contributed by atoms with Crippen molar-refractivity contribution in [3.63, 3.8) is 0 Å². The fraction of sp³-hybridized carbons (Fsp3) is 0.381. The Balaban J connectivity index is 1.25. The molecule has 0 saturated carbocycles. The molecule has 146 valence electrons. The van der Waals surface area contributed by atoms with E-state index in [1.54, 1.807) is 22.7 Å². The van der Waals surface area contributed by atoms with Crippen molar-refractivity contribution in [2.75, 3.05) is 24.5 Å². The van der Waals surface area contributed by atoms with Gasteiger partial charge in [0.2, 0.25) is 5.91 Å². The summed E-state index contributed by atoms with van der Waals surface area (Å²) in [5.74, 6) is 1.18. The molecular weight excluding hydrogens is 388 g/mol. The lowest BCUT2D eigenvalue weighted by molar-refractivity contribution is -0.125. The molecule has 1 N–H and O–H groups in total. The molecule has 7 heteroatoms. The number of piperidine rings is 1. The molecule has 3 aromatic rings. The van der Waals surface area contributed by atoms with E-state index in [9.17, 15) is 4.79 Å². The summed E-state index contributed by atoms with van der Waals surface area (Å²) < 4.78 is 0. The van der Waals surface area contributed by atoms with Crippen molar-refractivity contribution in [2.45, 2.75) is 26.2 Å². The zero-order valence-electron chi connectivity index (χ0n) is 15.9. The maximum atomic E-state index is 12.5. The van der Waals surface area contributed by atoms with E-state index < -0.39 is 0 Å². The Kier molecular flexibility index (Phi) is 6.02. The van der Waals surface area contributed by atoms with E-state index >= 15 is 0 Å². The third-order valence-corrected chi connectivity index (χ3v) is 7.21. The second-order valence-corrected chi connectivity index (χ2v) is 9.03. The molecule has 1 amide bonds. The molecule has 0 spiro atoms. The molecule has 4 rings (SSSR count). The molecule has 0 bridgehead atoms. The molecule has 0 aromatic carbocycles. The minimum atomic E-state index is 0.0963. The van der Waals surface area contributed by atoms with Crippen LogP contribution < -0.4 is 10.2 Å². The van der Waals surface area contributed by atoms with Gasteiger partial charge in [0, 0.05) is 30.4 Å². The van der Waals surface area contributed by atoms with Crippen LogP contribution in [0.5, 0.6) is 0 Å². The van der Waals surface area contributed by atoms with Crippen LogP contribution in [0.15, 0.2) is 41.1 Å². The van der Waals surface area contributed by atoms with Gasteiger partial charge in [0.05, 0.1) is 4.88 Å². The zero-order valence-corrected chi connectivity index (χ0v) is 17.6. The maximum Gasteiger partial charge on any atom is 0.223 e. The number of nitrogens with zero attached hydrogens (tertiary/aromatic N) is 3. The van der Waals surface area contributed by atoms with Gasteiger partial charge in [0.1, 0.15) is 5.69 Å². The lowest BCUT2D eigenvalue weighted by Gasteiger charge is -2.31. The number of thiophene rings is 2. The van der Waals surface area contributed by atoms with Crippen LogP contribution in [0.4, 0.5) is 5.82 Å². The number of aryl methyl sites for hydroxylation is 1. The van der Waals surface area contributed by atoms with E-state index in [4.69, 9.17) is 0 Å². The molecule has 1 aliphatic heterocycles. The zero-order chi connectivity index (χ0) is 19.3. The van der Waals surface area contributed by atoms with Crippen molar-refractivity contribution in [3.05, 3.63) is 51.5 Å². The van der Waals surface area contributed by atoms with Crippen LogP contribution >= 0.6 is 22.7 Å². The largest absolute Gasteiger partial charge is 0.355 e. The third kappa shape index (κ3) is 4.42. The number of anilines is 1. The molecule has 5 nitrogen and oxygen atoms in total. The van der Waals surface area contributed by atoms with Crippen molar-refractivity contribution in [1.29, 1.82) is 0 Å². The van der Waals surface area contributed by atoms with Gasteiger partial charge in [-0.3, -0.25) is 4.79 Å². The second-order valence-electron chi connectivity index (χ2n) is 7.08. The van der Waals surface area contributed by atoms with E-state index in [1.165, 1.54) is 10.4 Å². The van der Waals surface area contributed by atoms with Crippen LogP contribution in [0.25, 0.3) is 10.6 Å². The van der Waals surface area contributed by atoms with E-state index in [2.05, 4.69) is 44.9 Å². The van der Waals surface area contributed by atoms with Crippen LogP contribution in [0, 0.1) is 12.8 Å². The van der Waals surface area contributed by atoms with Gasteiger partial charge in [-0.15, -0.1) is 32.9 Å². The van der Waals surface area contributed by atoms with Crippen molar-refractivity contribution < 1.29 is 4.79 Å². The summed E-state index contributed by atoms with van der Waals surface area (Å²) >= 11 is 3.43. The summed E-state index contributed by atoms with van der Waals surface area (Å²) in [6.45, 7) is 4.53. The summed E-state index contributed by atoms with van der Waals surface area (Å²) in [6.07, 6.45) is 2.64. The minimum absolute atomic E-state index is 0.0963. The van der Waals surface area contributed by atoms with Crippen LogP contribution in [0.2, 0.25) is 0 Å². The Hall–Kier alpha value is -2.25. The average Bonchev–Trinajstić information content (AvgIpc) is 3.41.